The summed E-state index contributed by atoms with van der Waals surface area (Å²) in [5, 5.41) is 0. The Morgan fingerprint density at radius 3 is 2.20 bits per heavy atom. The number of hydrogen-bond acceptors (Lipinski definition) is 2. The molecule has 15 heavy (non-hydrogen) atoms. The van der Waals surface area contributed by atoms with Crippen molar-refractivity contribution in [2.75, 3.05) is 6.26 Å². The van der Waals surface area contributed by atoms with E-state index in [9.17, 15) is 8.42 Å². The van der Waals surface area contributed by atoms with Gasteiger partial charge in [-0.3, -0.25) is 0 Å². The zero-order chi connectivity index (χ0) is 10.9. The summed E-state index contributed by atoms with van der Waals surface area (Å²) in [6.45, 7) is 0. The largest absolute Gasteiger partial charge is 0.213 e. The van der Waals surface area contributed by atoms with Crippen molar-refractivity contribution >= 4 is 10.0 Å². The van der Waals surface area contributed by atoms with Crippen LogP contribution >= 0.6 is 0 Å². The summed E-state index contributed by atoms with van der Waals surface area (Å²) in [5.74, 6) is 0. The first-order valence-electron chi connectivity index (χ1n) is 5.06. The Balaban J connectivity index is 2.31. The van der Waals surface area contributed by atoms with Gasteiger partial charge in [0.15, 0.2) is 0 Å². The lowest BCUT2D eigenvalue weighted by atomic mass is 9.73. The standard InChI is InChI=1S/C11H15NO2S/c1-15(13,14)12-11(8-5-9-11)10-6-3-2-4-7-10/h2-4,6-7,12H,5,8-9H2,1H3. The molecule has 0 unspecified atom stereocenters. The zero-order valence-corrected chi connectivity index (χ0v) is 9.55. The summed E-state index contributed by atoms with van der Waals surface area (Å²) in [6, 6.07) is 9.80. The molecule has 1 aromatic carbocycles. The van der Waals surface area contributed by atoms with Crippen molar-refractivity contribution in [2.45, 2.75) is 24.8 Å². The zero-order valence-electron chi connectivity index (χ0n) is 8.73. The van der Waals surface area contributed by atoms with E-state index >= 15 is 0 Å². The van der Waals surface area contributed by atoms with Crippen LogP contribution in [0.15, 0.2) is 30.3 Å². The third-order valence-electron chi connectivity index (χ3n) is 2.91. The maximum atomic E-state index is 11.3. The predicted octanol–water partition coefficient (Wildman–Crippen LogP) is 1.61. The van der Waals surface area contributed by atoms with Crippen molar-refractivity contribution in [3.8, 4) is 0 Å². The molecule has 0 heterocycles. The van der Waals surface area contributed by atoms with E-state index in [0.717, 1.165) is 24.8 Å². The van der Waals surface area contributed by atoms with Gasteiger partial charge in [0.25, 0.3) is 0 Å². The molecule has 1 fully saturated rings. The number of benzene rings is 1. The van der Waals surface area contributed by atoms with E-state index in [1.807, 2.05) is 30.3 Å². The molecule has 3 nitrogen and oxygen atoms in total. The second-order valence-corrected chi connectivity index (χ2v) is 5.92. The van der Waals surface area contributed by atoms with Gasteiger partial charge in [0, 0.05) is 0 Å². The predicted molar refractivity (Wildman–Crippen MR) is 60.0 cm³/mol. The van der Waals surface area contributed by atoms with Gasteiger partial charge in [-0.05, 0) is 24.8 Å². The van der Waals surface area contributed by atoms with Gasteiger partial charge in [0.05, 0.1) is 11.8 Å². The van der Waals surface area contributed by atoms with Gasteiger partial charge in [0.2, 0.25) is 10.0 Å². The Bertz CT molecular complexity index is 435. The van der Waals surface area contributed by atoms with Gasteiger partial charge in [-0.25, -0.2) is 13.1 Å². The molecule has 1 aliphatic rings. The van der Waals surface area contributed by atoms with Crippen LogP contribution in [0.25, 0.3) is 0 Å². The molecule has 1 aromatic rings. The van der Waals surface area contributed by atoms with Gasteiger partial charge in [-0.15, -0.1) is 0 Å². The van der Waals surface area contributed by atoms with Crippen LogP contribution in [0.3, 0.4) is 0 Å². The van der Waals surface area contributed by atoms with Crippen molar-refractivity contribution in [3.63, 3.8) is 0 Å². The second kappa shape index (κ2) is 3.61. The van der Waals surface area contributed by atoms with E-state index < -0.39 is 10.0 Å². The molecule has 1 N–H and O–H groups in total. The average molecular weight is 225 g/mol. The van der Waals surface area contributed by atoms with Crippen LogP contribution in [-0.2, 0) is 15.6 Å². The molecule has 0 radical (unpaired) electrons. The molecule has 4 heteroatoms. The van der Waals surface area contributed by atoms with Crippen LogP contribution in [0.1, 0.15) is 24.8 Å². The maximum absolute atomic E-state index is 11.3. The van der Waals surface area contributed by atoms with Gasteiger partial charge < -0.3 is 0 Å². The lowest BCUT2D eigenvalue weighted by Gasteiger charge is -2.42. The SMILES string of the molecule is CS(=O)(=O)NC1(c2ccccc2)CCC1. The maximum Gasteiger partial charge on any atom is 0.209 e. The highest BCUT2D eigenvalue weighted by Gasteiger charge is 2.40. The Labute approximate surface area is 90.6 Å². The molecule has 2 rings (SSSR count). The van der Waals surface area contributed by atoms with Crippen LogP contribution in [0.5, 0.6) is 0 Å². The van der Waals surface area contributed by atoms with Crippen LogP contribution in [0, 0.1) is 0 Å². The normalized spacial score (nSPS) is 19.5. The van der Waals surface area contributed by atoms with Crippen LogP contribution < -0.4 is 4.72 Å². The molecular formula is C11H15NO2S. The molecule has 0 bridgehead atoms. The Kier molecular flexibility index (Phi) is 2.56. The summed E-state index contributed by atoms with van der Waals surface area (Å²) in [5.41, 5.74) is 0.733. The molecule has 0 atom stereocenters. The third kappa shape index (κ3) is 2.21. The van der Waals surface area contributed by atoms with Gasteiger partial charge in [0.1, 0.15) is 0 Å². The monoisotopic (exact) mass is 225 g/mol. The number of sulfonamides is 1. The second-order valence-electron chi connectivity index (χ2n) is 4.18. The minimum Gasteiger partial charge on any atom is -0.213 e. The summed E-state index contributed by atoms with van der Waals surface area (Å²) in [7, 11) is -3.14. The summed E-state index contributed by atoms with van der Waals surface area (Å²) in [6.07, 6.45) is 4.08. The Morgan fingerprint density at radius 2 is 1.80 bits per heavy atom. The third-order valence-corrected chi connectivity index (χ3v) is 3.68. The Morgan fingerprint density at radius 1 is 1.20 bits per heavy atom. The van der Waals surface area contributed by atoms with Crippen molar-refractivity contribution < 1.29 is 8.42 Å². The van der Waals surface area contributed by atoms with Crippen LogP contribution in [0.2, 0.25) is 0 Å². The molecular weight excluding hydrogens is 210 g/mol. The molecule has 0 aromatic heterocycles. The summed E-state index contributed by atoms with van der Waals surface area (Å²) >= 11 is 0. The number of hydrogen-bond donors (Lipinski definition) is 1. The lowest BCUT2D eigenvalue weighted by molar-refractivity contribution is 0.225. The fourth-order valence-electron chi connectivity index (χ4n) is 2.09. The first-order chi connectivity index (χ1) is 7.02. The van der Waals surface area contributed by atoms with E-state index in [4.69, 9.17) is 0 Å². The molecule has 1 saturated carbocycles. The quantitative estimate of drug-likeness (QED) is 0.849. The van der Waals surface area contributed by atoms with Crippen LogP contribution in [0.4, 0.5) is 0 Å². The van der Waals surface area contributed by atoms with E-state index in [2.05, 4.69) is 4.72 Å². The summed E-state index contributed by atoms with van der Waals surface area (Å²) < 4.78 is 25.4. The fraction of sp³-hybridized carbons (Fsp3) is 0.455. The Hall–Kier alpha value is -0.870. The minimum atomic E-state index is -3.14. The van der Waals surface area contributed by atoms with Gasteiger partial charge in [-0.1, -0.05) is 30.3 Å². The molecule has 0 aliphatic heterocycles. The van der Waals surface area contributed by atoms with Gasteiger partial charge in [-0.2, -0.15) is 0 Å². The first-order valence-corrected chi connectivity index (χ1v) is 6.95. The molecule has 0 saturated heterocycles. The smallest absolute Gasteiger partial charge is 0.209 e. The van der Waals surface area contributed by atoms with Crippen molar-refractivity contribution in [1.82, 2.24) is 4.72 Å². The van der Waals surface area contributed by atoms with E-state index in [1.54, 1.807) is 0 Å². The minimum absolute atomic E-state index is 0.338. The van der Waals surface area contributed by atoms with Crippen molar-refractivity contribution in [3.05, 3.63) is 35.9 Å². The lowest BCUT2D eigenvalue weighted by Crippen LogP contribution is -2.50. The highest BCUT2D eigenvalue weighted by atomic mass is 32.2. The van der Waals surface area contributed by atoms with E-state index in [-0.39, 0.29) is 5.54 Å². The summed E-state index contributed by atoms with van der Waals surface area (Å²) in [4.78, 5) is 0. The van der Waals surface area contributed by atoms with Gasteiger partial charge >= 0.3 is 0 Å². The first kappa shape index (κ1) is 10.6. The molecule has 0 spiro atoms. The fourth-order valence-corrected chi connectivity index (χ4v) is 3.12. The highest BCUT2D eigenvalue weighted by molar-refractivity contribution is 7.88. The topological polar surface area (TPSA) is 46.2 Å². The molecule has 82 valence electrons. The molecule has 0 amide bonds. The van der Waals surface area contributed by atoms with E-state index in [1.165, 1.54) is 6.26 Å². The average Bonchev–Trinajstić information content (AvgIpc) is 2.11. The number of rotatable bonds is 3. The van der Waals surface area contributed by atoms with Crippen molar-refractivity contribution in [2.24, 2.45) is 0 Å². The number of nitrogens with one attached hydrogen (secondary N) is 1. The molecule has 1 aliphatic carbocycles. The highest BCUT2D eigenvalue weighted by Crippen LogP contribution is 2.41. The van der Waals surface area contributed by atoms with Crippen molar-refractivity contribution in [1.29, 1.82) is 0 Å². The van der Waals surface area contributed by atoms with E-state index in [0.29, 0.717) is 0 Å². The van der Waals surface area contributed by atoms with Crippen LogP contribution in [-0.4, -0.2) is 14.7 Å².